The zero-order valence-electron chi connectivity index (χ0n) is 33.2. The van der Waals surface area contributed by atoms with Crippen molar-refractivity contribution in [2.75, 3.05) is 27.3 Å². The van der Waals surface area contributed by atoms with Gasteiger partial charge in [0.15, 0.2) is 0 Å². The Balaban J connectivity index is 1.01. The van der Waals surface area contributed by atoms with E-state index in [0.717, 1.165) is 75.5 Å². The number of rotatable bonds is 11. The van der Waals surface area contributed by atoms with E-state index in [1.165, 1.54) is 14.2 Å². The first-order chi connectivity index (χ1) is 27.4. The molecular weight excluding hydrogens is 725 g/mol. The maximum absolute atomic E-state index is 13.5. The van der Waals surface area contributed by atoms with E-state index in [4.69, 9.17) is 14.5 Å². The number of fused-ring (bicyclic) bond motifs is 1. The number of nitrogens with one attached hydrogen (secondary N) is 4. The van der Waals surface area contributed by atoms with Gasteiger partial charge in [0.1, 0.15) is 23.7 Å². The second-order valence-electron chi connectivity index (χ2n) is 15.4. The van der Waals surface area contributed by atoms with Crippen LogP contribution in [0.25, 0.3) is 44.5 Å². The highest BCUT2D eigenvalue weighted by atomic mass is 16.5. The van der Waals surface area contributed by atoms with Crippen molar-refractivity contribution >= 4 is 35.0 Å². The van der Waals surface area contributed by atoms with Gasteiger partial charge in [-0.05, 0) is 71.0 Å². The number of imidazole rings is 2. The Morgan fingerprint density at radius 1 is 0.667 bits per heavy atom. The van der Waals surface area contributed by atoms with E-state index in [2.05, 4.69) is 86.2 Å². The van der Waals surface area contributed by atoms with Crippen LogP contribution in [-0.2, 0) is 19.1 Å². The van der Waals surface area contributed by atoms with Gasteiger partial charge in [0.05, 0.1) is 49.2 Å². The highest BCUT2D eigenvalue weighted by molar-refractivity contribution is 5.88. The van der Waals surface area contributed by atoms with Crippen LogP contribution in [0.2, 0.25) is 0 Å². The monoisotopic (exact) mass is 774 g/mol. The molecule has 4 heterocycles. The van der Waals surface area contributed by atoms with E-state index in [0.29, 0.717) is 13.1 Å². The molecule has 14 heteroatoms. The summed E-state index contributed by atoms with van der Waals surface area (Å²) in [4.78, 5) is 70.7. The van der Waals surface area contributed by atoms with E-state index in [-0.39, 0.29) is 35.7 Å². The highest BCUT2D eigenvalue weighted by Gasteiger charge is 2.40. The molecule has 14 nitrogen and oxygen atoms in total. The Labute approximate surface area is 331 Å². The lowest BCUT2D eigenvalue weighted by molar-refractivity contribution is -0.142. The van der Waals surface area contributed by atoms with Crippen molar-refractivity contribution in [3.63, 3.8) is 0 Å². The number of hydrogen-bond acceptors (Lipinski definition) is 8. The molecule has 4 amide bonds. The van der Waals surface area contributed by atoms with E-state index in [1.54, 1.807) is 11.1 Å². The van der Waals surface area contributed by atoms with Crippen molar-refractivity contribution in [3.05, 3.63) is 84.6 Å². The topological polar surface area (TPSA) is 175 Å². The molecule has 0 radical (unpaired) electrons. The summed E-state index contributed by atoms with van der Waals surface area (Å²) >= 11 is 0. The molecule has 2 aliphatic heterocycles. The number of carbonyl (C=O) groups excluding carboxylic acids is 4. The third kappa shape index (κ3) is 8.07. The van der Waals surface area contributed by atoms with E-state index in [1.807, 2.05) is 38.7 Å². The van der Waals surface area contributed by atoms with Crippen molar-refractivity contribution in [2.24, 2.45) is 11.8 Å². The number of amides is 4. The van der Waals surface area contributed by atoms with Gasteiger partial charge in [-0.1, -0.05) is 82.3 Å². The SMILES string of the molecule is COC(=O)NC(C(=O)N1CCCC1c1ncc(-c2ccc(-c3ccc(-c4ccc5nc(C6CCN6C(=O)C(NC(=O)OC)C(C)C)[nH]c5c4)cc3)cc2)[nH]1)C(C)C. The first-order valence-electron chi connectivity index (χ1n) is 19.5. The quantitative estimate of drug-likeness (QED) is 0.111. The van der Waals surface area contributed by atoms with Crippen molar-refractivity contribution in [2.45, 2.75) is 71.1 Å². The predicted molar refractivity (Wildman–Crippen MR) is 216 cm³/mol. The summed E-state index contributed by atoms with van der Waals surface area (Å²) < 4.78 is 9.50. The Bertz CT molecular complexity index is 2250. The third-order valence-corrected chi connectivity index (χ3v) is 11.1. The minimum Gasteiger partial charge on any atom is -0.453 e. The number of aromatic nitrogens is 4. The minimum absolute atomic E-state index is 0.101. The molecule has 2 aliphatic rings. The molecule has 0 spiro atoms. The van der Waals surface area contributed by atoms with Gasteiger partial charge >= 0.3 is 12.2 Å². The number of likely N-dealkylation sites (tertiary alicyclic amines) is 2. The number of alkyl carbamates (subject to hydrolysis) is 2. The first-order valence-corrected chi connectivity index (χ1v) is 19.5. The fourth-order valence-corrected chi connectivity index (χ4v) is 7.72. The van der Waals surface area contributed by atoms with Crippen LogP contribution < -0.4 is 10.6 Å². The van der Waals surface area contributed by atoms with Crippen molar-refractivity contribution in [3.8, 4) is 33.5 Å². The van der Waals surface area contributed by atoms with Crippen molar-refractivity contribution in [1.29, 1.82) is 0 Å². The largest absolute Gasteiger partial charge is 0.453 e. The zero-order chi connectivity index (χ0) is 40.4. The molecule has 3 aromatic carbocycles. The minimum atomic E-state index is -0.686. The molecule has 2 saturated heterocycles. The van der Waals surface area contributed by atoms with Crippen molar-refractivity contribution < 1.29 is 28.7 Å². The van der Waals surface area contributed by atoms with E-state index >= 15 is 0 Å². The molecule has 298 valence electrons. The number of aromatic amines is 2. The number of benzene rings is 3. The van der Waals surface area contributed by atoms with Gasteiger partial charge in [-0.15, -0.1) is 0 Å². The fraction of sp³-hybridized carbons (Fsp3) is 0.395. The molecule has 4 atom stereocenters. The van der Waals surface area contributed by atoms with Crippen LogP contribution >= 0.6 is 0 Å². The molecule has 0 aliphatic carbocycles. The standard InChI is InChI=1S/C43H50N8O6/c1-24(2)36(48-42(54)56-5)40(52)50-20-7-8-34(50)38-44-23-33(47-38)29-15-13-27(14-16-29)26-9-11-28(12-10-26)30-17-18-31-32(22-30)46-39(45-31)35-19-21-51(35)41(53)37(25(3)4)49-43(55)57-6/h9-18,22-25,34-37H,7-8,19-21H2,1-6H3,(H,44,47)(H,45,46)(H,48,54)(H,49,55). The predicted octanol–water partition coefficient (Wildman–Crippen LogP) is 6.99. The molecule has 0 bridgehead atoms. The maximum atomic E-state index is 13.5. The number of H-pyrrole nitrogens is 2. The van der Waals surface area contributed by atoms with Crippen LogP contribution in [0.5, 0.6) is 0 Å². The van der Waals surface area contributed by atoms with Crippen LogP contribution in [0.15, 0.2) is 72.9 Å². The number of carbonyl (C=O) groups is 4. The van der Waals surface area contributed by atoms with Gasteiger partial charge in [-0.25, -0.2) is 19.6 Å². The summed E-state index contributed by atoms with van der Waals surface area (Å²) in [5, 5.41) is 5.37. The van der Waals surface area contributed by atoms with E-state index in [9.17, 15) is 19.2 Å². The summed E-state index contributed by atoms with van der Waals surface area (Å²) in [5.74, 6) is 0.968. The van der Waals surface area contributed by atoms with Crippen molar-refractivity contribution in [1.82, 2.24) is 40.4 Å². The normalized spacial score (nSPS) is 17.7. The second kappa shape index (κ2) is 16.5. The summed E-state index contributed by atoms with van der Waals surface area (Å²) in [6, 6.07) is 21.1. The van der Waals surface area contributed by atoms with Gasteiger partial charge < -0.3 is 39.9 Å². The highest BCUT2D eigenvalue weighted by Crippen LogP contribution is 2.36. The average Bonchev–Trinajstić information content (AvgIpc) is 3.98. The lowest BCUT2D eigenvalue weighted by Gasteiger charge is -2.42. The molecule has 57 heavy (non-hydrogen) atoms. The molecule has 2 aromatic heterocycles. The fourth-order valence-electron chi connectivity index (χ4n) is 7.72. The molecule has 0 saturated carbocycles. The number of ether oxygens (including phenoxy) is 2. The van der Waals surface area contributed by atoms with Crippen LogP contribution in [-0.4, -0.2) is 93.1 Å². The summed E-state index contributed by atoms with van der Waals surface area (Å²) in [7, 11) is 2.58. The number of nitrogens with zero attached hydrogens (tertiary/aromatic N) is 4. The zero-order valence-corrected chi connectivity index (χ0v) is 33.2. The Kier molecular flexibility index (Phi) is 11.3. The maximum Gasteiger partial charge on any atom is 0.407 e. The van der Waals surface area contributed by atoms with Gasteiger partial charge in [-0.3, -0.25) is 9.59 Å². The van der Waals surface area contributed by atoms with Crippen LogP contribution in [0.3, 0.4) is 0 Å². The summed E-state index contributed by atoms with van der Waals surface area (Å²) in [6.45, 7) is 8.79. The van der Waals surface area contributed by atoms with Gasteiger partial charge in [0.25, 0.3) is 0 Å². The van der Waals surface area contributed by atoms with E-state index < -0.39 is 24.3 Å². The van der Waals surface area contributed by atoms with Gasteiger partial charge in [0.2, 0.25) is 11.8 Å². The smallest absolute Gasteiger partial charge is 0.407 e. The summed E-state index contributed by atoms with van der Waals surface area (Å²) in [6.07, 6.45) is 2.98. The average molecular weight is 775 g/mol. The summed E-state index contributed by atoms with van der Waals surface area (Å²) in [5.41, 5.74) is 7.82. The molecule has 4 N–H and O–H groups in total. The molecule has 7 rings (SSSR count). The number of hydrogen-bond donors (Lipinski definition) is 4. The van der Waals surface area contributed by atoms with Crippen LogP contribution in [0, 0.1) is 11.8 Å². The lowest BCUT2D eigenvalue weighted by Crippen LogP contribution is -2.56. The second-order valence-corrected chi connectivity index (χ2v) is 15.4. The third-order valence-electron chi connectivity index (χ3n) is 11.1. The molecule has 4 unspecified atom stereocenters. The van der Waals surface area contributed by atoms with Crippen LogP contribution in [0.4, 0.5) is 9.59 Å². The van der Waals surface area contributed by atoms with Gasteiger partial charge in [-0.2, -0.15) is 0 Å². The van der Waals surface area contributed by atoms with Crippen LogP contribution in [0.1, 0.15) is 70.7 Å². The molecular formula is C43H50N8O6. The molecule has 2 fully saturated rings. The first kappa shape index (κ1) is 39.1. The Morgan fingerprint density at radius 3 is 1.70 bits per heavy atom. The molecule has 5 aromatic rings. The van der Waals surface area contributed by atoms with Gasteiger partial charge in [0, 0.05) is 13.1 Å². The Hall–Kier alpha value is -6.18. The Morgan fingerprint density at radius 2 is 1.18 bits per heavy atom. The lowest BCUT2D eigenvalue weighted by atomic mass is 9.96. The number of methoxy groups -OCH3 is 2.